The zero-order valence-electron chi connectivity index (χ0n) is 11.9. The monoisotopic (exact) mass is 294 g/mol. The van der Waals surface area contributed by atoms with Crippen LogP contribution in [0.25, 0.3) is 11.0 Å². The molecular formula is C15H19ClN2O2. The lowest BCUT2D eigenvalue weighted by molar-refractivity contribution is -0.0831. The first kappa shape index (κ1) is 13.7. The largest absolute Gasteiger partial charge is 0.497 e. The van der Waals surface area contributed by atoms with E-state index in [1.165, 1.54) is 6.42 Å². The van der Waals surface area contributed by atoms with Crippen LogP contribution in [0, 0.1) is 0 Å². The molecule has 1 fully saturated rings. The van der Waals surface area contributed by atoms with Crippen molar-refractivity contribution in [2.24, 2.45) is 0 Å². The Labute approximate surface area is 123 Å². The summed E-state index contributed by atoms with van der Waals surface area (Å²) in [5.41, 5.74) is 1.96. The summed E-state index contributed by atoms with van der Waals surface area (Å²) in [7, 11) is 3.45. The highest BCUT2D eigenvalue weighted by Crippen LogP contribution is 2.38. The zero-order valence-corrected chi connectivity index (χ0v) is 12.6. The lowest BCUT2D eigenvalue weighted by Crippen LogP contribution is -2.43. The van der Waals surface area contributed by atoms with E-state index in [0.29, 0.717) is 5.88 Å². The maximum atomic E-state index is 6.06. The number of methoxy groups -OCH3 is 2. The quantitative estimate of drug-likeness (QED) is 0.794. The predicted octanol–water partition coefficient (Wildman–Crippen LogP) is 3.35. The molecule has 0 aliphatic heterocycles. The third-order valence-electron chi connectivity index (χ3n) is 4.30. The number of imidazole rings is 1. The van der Waals surface area contributed by atoms with Gasteiger partial charge in [-0.15, -0.1) is 11.6 Å². The molecule has 0 radical (unpaired) electrons. The van der Waals surface area contributed by atoms with Crippen molar-refractivity contribution in [3.8, 4) is 5.75 Å². The average molecular weight is 295 g/mol. The number of ether oxygens (including phenoxy) is 2. The minimum Gasteiger partial charge on any atom is -0.497 e. The van der Waals surface area contributed by atoms with Gasteiger partial charge in [0, 0.05) is 13.2 Å². The van der Waals surface area contributed by atoms with E-state index >= 15 is 0 Å². The van der Waals surface area contributed by atoms with Gasteiger partial charge in [0.25, 0.3) is 0 Å². The Morgan fingerprint density at radius 1 is 1.35 bits per heavy atom. The zero-order chi connectivity index (χ0) is 14.2. The number of halogens is 1. The number of alkyl halides is 1. The molecule has 1 aromatic heterocycles. The predicted molar refractivity (Wildman–Crippen MR) is 79.4 cm³/mol. The molecule has 0 saturated heterocycles. The molecule has 1 aliphatic carbocycles. The number of rotatable bonds is 5. The average Bonchev–Trinajstić information content (AvgIpc) is 2.79. The highest BCUT2D eigenvalue weighted by molar-refractivity contribution is 6.16. The van der Waals surface area contributed by atoms with Crippen LogP contribution in [0.3, 0.4) is 0 Å². The van der Waals surface area contributed by atoms with Gasteiger partial charge < -0.3 is 14.0 Å². The Bertz CT molecular complexity index is 614. The van der Waals surface area contributed by atoms with E-state index in [9.17, 15) is 0 Å². The minimum atomic E-state index is -0.0473. The van der Waals surface area contributed by atoms with Gasteiger partial charge in [0.1, 0.15) is 11.6 Å². The lowest BCUT2D eigenvalue weighted by atomic mass is 9.80. The van der Waals surface area contributed by atoms with Crippen molar-refractivity contribution in [1.29, 1.82) is 0 Å². The topological polar surface area (TPSA) is 36.3 Å². The fourth-order valence-corrected chi connectivity index (χ4v) is 3.05. The van der Waals surface area contributed by atoms with Crippen LogP contribution in [-0.4, -0.2) is 29.4 Å². The highest BCUT2D eigenvalue weighted by Gasteiger charge is 2.38. The van der Waals surface area contributed by atoms with Crippen molar-refractivity contribution in [3.05, 3.63) is 24.0 Å². The number of nitrogens with zero attached hydrogens (tertiary/aromatic N) is 2. The van der Waals surface area contributed by atoms with Gasteiger partial charge in [-0.1, -0.05) is 0 Å². The van der Waals surface area contributed by atoms with E-state index in [2.05, 4.69) is 9.55 Å². The Morgan fingerprint density at radius 2 is 2.15 bits per heavy atom. The van der Waals surface area contributed by atoms with E-state index in [1.54, 1.807) is 14.2 Å². The fraction of sp³-hybridized carbons (Fsp3) is 0.533. The molecule has 0 atom stereocenters. The molecule has 0 spiro atoms. The molecular weight excluding hydrogens is 276 g/mol. The maximum absolute atomic E-state index is 6.06. The Hall–Kier alpha value is -1.26. The van der Waals surface area contributed by atoms with Crippen molar-refractivity contribution in [2.75, 3.05) is 14.2 Å². The van der Waals surface area contributed by atoms with Crippen LogP contribution in [0.15, 0.2) is 18.2 Å². The Kier molecular flexibility index (Phi) is 3.61. The Morgan fingerprint density at radius 3 is 2.70 bits per heavy atom. The summed E-state index contributed by atoms with van der Waals surface area (Å²) in [6.07, 6.45) is 3.42. The first-order chi connectivity index (χ1) is 9.71. The third-order valence-corrected chi connectivity index (χ3v) is 4.54. The maximum Gasteiger partial charge on any atom is 0.124 e. The van der Waals surface area contributed by atoms with Gasteiger partial charge in [0.15, 0.2) is 0 Å². The number of hydrogen-bond donors (Lipinski definition) is 0. The summed E-state index contributed by atoms with van der Waals surface area (Å²) in [5.74, 6) is 2.10. The smallest absolute Gasteiger partial charge is 0.124 e. The molecule has 2 aromatic rings. The molecule has 1 aliphatic rings. The van der Waals surface area contributed by atoms with Gasteiger partial charge in [0.2, 0.25) is 0 Å². The normalized spacial score (nSPS) is 17.1. The van der Waals surface area contributed by atoms with Gasteiger partial charge in [-0.05, 0) is 31.4 Å². The van der Waals surface area contributed by atoms with Crippen LogP contribution >= 0.6 is 11.6 Å². The van der Waals surface area contributed by atoms with Crippen LogP contribution in [0.1, 0.15) is 25.1 Å². The Balaban J connectivity index is 2.04. The number of aromatic nitrogens is 2. The van der Waals surface area contributed by atoms with Gasteiger partial charge >= 0.3 is 0 Å². The second kappa shape index (κ2) is 5.26. The van der Waals surface area contributed by atoms with Crippen molar-refractivity contribution in [3.63, 3.8) is 0 Å². The molecule has 0 bridgehead atoms. The van der Waals surface area contributed by atoms with Crippen molar-refractivity contribution in [1.82, 2.24) is 9.55 Å². The summed E-state index contributed by atoms with van der Waals surface area (Å²) < 4.78 is 13.2. The van der Waals surface area contributed by atoms with Crippen molar-refractivity contribution in [2.45, 2.75) is 37.3 Å². The van der Waals surface area contributed by atoms with E-state index < -0.39 is 0 Å². The molecule has 20 heavy (non-hydrogen) atoms. The first-order valence-corrected chi connectivity index (χ1v) is 7.39. The van der Waals surface area contributed by atoms with Crippen molar-refractivity contribution < 1.29 is 9.47 Å². The highest BCUT2D eigenvalue weighted by atomic mass is 35.5. The summed E-state index contributed by atoms with van der Waals surface area (Å²) in [6, 6.07) is 5.94. The summed E-state index contributed by atoms with van der Waals surface area (Å²) in [4.78, 5) is 4.61. The molecule has 108 valence electrons. The molecule has 5 heteroatoms. The molecule has 1 saturated carbocycles. The lowest BCUT2D eigenvalue weighted by Gasteiger charge is -2.41. The van der Waals surface area contributed by atoms with E-state index in [0.717, 1.165) is 42.0 Å². The SMILES string of the molecule is COc1ccc2c(c1)nc(CCl)n2CC1(OC)CCC1. The molecule has 0 unspecified atom stereocenters. The van der Waals surface area contributed by atoms with E-state index in [4.69, 9.17) is 21.1 Å². The number of benzene rings is 1. The van der Waals surface area contributed by atoms with Crippen LogP contribution in [0.2, 0.25) is 0 Å². The molecule has 4 nitrogen and oxygen atoms in total. The van der Waals surface area contributed by atoms with Gasteiger partial charge in [-0.3, -0.25) is 0 Å². The third kappa shape index (κ3) is 2.17. The molecule has 1 aromatic carbocycles. The number of fused-ring (bicyclic) bond motifs is 1. The van der Waals surface area contributed by atoms with Crippen LogP contribution in [0.4, 0.5) is 0 Å². The van der Waals surface area contributed by atoms with E-state index in [1.807, 2.05) is 18.2 Å². The molecule has 3 rings (SSSR count). The van der Waals surface area contributed by atoms with E-state index in [-0.39, 0.29) is 5.60 Å². The molecule has 0 amide bonds. The molecule has 0 N–H and O–H groups in total. The minimum absolute atomic E-state index is 0.0473. The van der Waals surface area contributed by atoms with Gasteiger partial charge in [0.05, 0.1) is 36.2 Å². The standard InChI is InChI=1S/C15H19ClN2O2/c1-19-11-4-5-13-12(8-11)17-14(9-16)18(13)10-15(20-2)6-3-7-15/h4-5,8H,3,6-7,9-10H2,1-2H3. The molecule has 1 heterocycles. The summed E-state index contributed by atoms with van der Waals surface area (Å²) in [5, 5.41) is 0. The van der Waals surface area contributed by atoms with Crippen LogP contribution in [-0.2, 0) is 17.2 Å². The summed E-state index contributed by atoms with van der Waals surface area (Å²) >= 11 is 6.06. The van der Waals surface area contributed by atoms with Crippen LogP contribution in [0.5, 0.6) is 5.75 Å². The number of hydrogen-bond acceptors (Lipinski definition) is 3. The van der Waals surface area contributed by atoms with Crippen molar-refractivity contribution >= 4 is 22.6 Å². The van der Waals surface area contributed by atoms with Gasteiger partial charge in [-0.25, -0.2) is 4.98 Å². The second-order valence-electron chi connectivity index (χ2n) is 5.34. The first-order valence-electron chi connectivity index (χ1n) is 6.85. The van der Waals surface area contributed by atoms with Crippen LogP contribution < -0.4 is 4.74 Å². The fourth-order valence-electron chi connectivity index (χ4n) is 2.85. The summed E-state index contributed by atoms with van der Waals surface area (Å²) in [6.45, 7) is 0.814. The van der Waals surface area contributed by atoms with Gasteiger partial charge in [-0.2, -0.15) is 0 Å². The second-order valence-corrected chi connectivity index (χ2v) is 5.61.